The monoisotopic (exact) mass is 449 g/mol. The number of ether oxygens (including phenoxy) is 1. The first-order valence-corrected chi connectivity index (χ1v) is 10.5. The molecule has 170 valence electrons. The molecule has 12 heteroatoms. The largest absolute Gasteiger partial charge is 0.379 e. The summed E-state index contributed by atoms with van der Waals surface area (Å²) in [4.78, 5) is 36.1. The third-order valence-corrected chi connectivity index (χ3v) is 5.39. The number of rotatable bonds is 8. The van der Waals surface area contributed by atoms with E-state index in [1.165, 1.54) is 12.4 Å². The van der Waals surface area contributed by atoms with Crippen molar-refractivity contribution in [3.63, 3.8) is 0 Å². The van der Waals surface area contributed by atoms with Crippen LogP contribution in [0.5, 0.6) is 0 Å². The van der Waals surface area contributed by atoms with E-state index in [2.05, 4.69) is 20.3 Å². The Labute approximate surface area is 189 Å². The standard InChI is InChI=1S/C21H23N9O3/c22-12-15-13-24-21(25-14-15)29-6-4-28(5-7-29)19(31)3-9-33-10-8-30-18-11-16(20(23)32)1-2-17(18)26-27-30/h1-2,11,13-14H,3-10H2,(H2,23,32). The molecule has 1 saturated heterocycles. The zero-order valence-corrected chi connectivity index (χ0v) is 17.9. The number of anilines is 1. The first-order valence-electron chi connectivity index (χ1n) is 10.5. The highest BCUT2D eigenvalue weighted by Crippen LogP contribution is 2.14. The third-order valence-electron chi connectivity index (χ3n) is 5.39. The lowest BCUT2D eigenvalue weighted by Crippen LogP contribution is -2.49. The Kier molecular flexibility index (Phi) is 6.70. The molecule has 3 heterocycles. The van der Waals surface area contributed by atoms with E-state index in [1.54, 1.807) is 27.8 Å². The minimum Gasteiger partial charge on any atom is -0.379 e. The molecule has 0 bridgehead atoms. The van der Waals surface area contributed by atoms with Crippen LogP contribution in [-0.2, 0) is 16.1 Å². The quantitative estimate of drug-likeness (QED) is 0.466. The number of carbonyl (C=O) groups excluding carboxylic acids is 2. The van der Waals surface area contributed by atoms with Gasteiger partial charge in [0.2, 0.25) is 17.8 Å². The van der Waals surface area contributed by atoms with Crippen molar-refractivity contribution in [2.24, 2.45) is 5.73 Å². The first kappa shape index (κ1) is 22.1. The summed E-state index contributed by atoms with van der Waals surface area (Å²) in [6, 6.07) is 6.97. The lowest BCUT2D eigenvalue weighted by Gasteiger charge is -2.34. The van der Waals surface area contributed by atoms with Gasteiger partial charge in [0, 0.05) is 31.7 Å². The van der Waals surface area contributed by atoms with Gasteiger partial charge < -0.3 is 20.3 Å². The van der Waals surface area contributed by atoms with Gasteiger partial charge in [-0.1, -0.05) is 5.21 Å². The van der Waals surface area contributed by atoms with Gasteiger partial charge in [0.05, 0.1) is 49.7 Å². The first-order chi connectivity index (χ1) is 16.0. The number of primary amides is 1. The SMILES string of the molecule is N#Cc1cnc(N2CCN(C(=O)CCOCCn3nnc4ccc(C(N)=O)cc43)CC2)nc1. The van der Waals surface area contributed by atoms with Gasteiger partial charge in [-0.2, -0.15) is 5.26 Å². The topological polar surface area (TPSA) is 156 Å². The van der Waals surface area contributed by atoms with Crippen molar-refractivity contribution in [2.75, 3.05) is 44.3 Å². The summed E-state index contributed by atoms with van der Waals surface area (Å²) in [6.45, 7) is 3.52. The van der Waals surface area contributed by atoms with Gasteiger partial charge >= 0.3 is 0 Å². The smallest absolute Gasteiger partial charge is 0.248 e. The lowest BCUT2D eigenvalue weighted by molar-refractivity contribution is -0.132. The van der Waals surface area contributed by atoms with Gasteiger partial charge in [-0.25, -0.2) is 14.6 Å². The van der Waals surface area contributed by atoms with Crippen LogP contribution in [0.4, 0.5) is 5.95 Å². The van der Waals surface area contributed by atoms with Crippen molar-refractivity contribution in [2.45, 2.75) is 13.0 Å². The molecule has 2 amide bonds. The molecule has 0 unspecified atom stereocenters. The van der Waals surface area contributed by atoms with Crippen LogP contribution in [0.1, 0.15) is 22.3 Å². The molecule has 4 rings (SSSR count). The number of nitrogens with two attached hydrogens (primary N) is 1. The van der Waals surface area contributed by atoms with Crippen molar-refractivity contribution in [1.29, 1.82) is 5.26 Å². The molecule has 3 aromatic rings. The van der Waals surface area contributed by atoms with Crippen LogP contribution in [0, 0.1) is 11.3 Å². The number of nitrogens with zero attached hydrogens (tertiary/aromatic N) is 8. The number of hydrogen-bond acceptors (Lipinski definition) is 9. The lowest BCUT2D eigenvalue weighted by atomic mass is 10.2. The summed E-state index contributed by atoms with van der Waals surface area (Å²) in [5.74, 6) is 0.0883. The highest BCUT2D eigenvalue weighted by molar-refractivity contribution is 5.96. The summed E-state index contributed by atoms with van der Waals surface area (Å²) >= 11 is 0. The molecular weight excluding hydrogens is 426 g/mol. The summed E-state index contributed by atoms with van der Waals surface area (Å²) in [6.07, 6.45) is 3.28. The molecule has 1 aromatic carbocycles. The minimum absolute atomic E-state index is 0.0349. The molecule has 2 N–H and O–H groups in total. The Bertz CT molecular complexity index is 1180. The highest BCUT2D eigenvalue weighted by atomic mass is 16.5. The fraction of sp³-hybridized carbons (Fsp3) is 0.381. The Morgan fingerprint density at radius 3 is 2.58 bits per heavy atom. The average molecular weight is 449 g/mol. The Morgan fingerprint density at radius 1 is 1.12 bits per heavy atom. The number of carbonyl (C=O) groups is 2. The van der Waals surface area contributed by atoms with E-state index in [4.69, 9.17) is 15.7 Å². The highest BCUT2D eigenvalue weighted by Gasteiger charge is 2.22. The predicted molar refractivity (Wildman–Crippen MR) is 117 cm³/mol. The maximum absolute atomic E-state index is 12.5. The van der Waals surface area contributed by atoms with Gasteiger partial charge in [-0.15, -0.1) is 5.10 Å². The molecule has 0 aliphatic carbocycles. The molecule has 1 aliphatic rings. The van der Waals surface area contributed by atoms with E-state index < -0.39 is 5.91 Å². The van der Waals surface area contributed by atoms with Crippen LogP contribution in [0.25, 0.3) is 11.0 Å². The Balaban J connectivity index is 1.18. The van der Waals surface area contributed by atoms with Crippen molar-refractivity contribution >= 4 is 28.8 Å². The third kappa shape index (κ3) is 5.21. The number of piperazine rings is 1. The van der Waals surface area contributed by atoms with Gasteiger partial charge in [-0.3, -0.25) is 9.59 Å². The van der Waals surface area contributed by atoms with Crippen LogP contribution in [-0.4, -0.2) is 81.1 Å². The fourth-order valence-electron chi connectivity index (χ4n) is 3.55. The molecule has 12 nitrogen and oxygen atoms in total. The molecule has 1 aliphatic heterocycles. The van der Waals surface area contributed by atoms with Gasteiger partial charge in [0.15, 0.2) is 0 Å². The second-order valence-electron chi connectivity index (χ2n) is 7.49. The Morgan fingerprint density at radius 2 is 1.88 bits per heavy atom. The summed E-state index contributed by atoms with van der Waals surface area (Å²) in [5, 5.41) is 17.0. The number of nitriles is 1. The molecule has 0 atom stereocenters. The van der Waals surface area contributed by atoms with Crippen LogP contribution in [0.2, 0.25) is 0 Å². The predicted octanol–water partition coefficient (Wildman–Crippen LogP) is -0.0526. The van der Waals surface area contributed by atoms with Crippen molar-refractivity contribution in [3.05, 3.63) is 41.7 Å². The maximum atomic E-state index is 12.5. The van der Waals surface area contributed by atoms with Gasteiger partial charge in [-0.05, 0) is 18.2 Å². The van der Waals surface area contributed by atoms with E-state index in [0.717, 1.165) is 0 Å². The van der Waals surface area contributed by atoms with Gasteiger partial charge in [0.1, 0.15) is 11.6 Å². The summed E-state index contributed by atoms with van der Waals surface area (Å²) in [7, 11) is 0. The second kappa shape index (κ2) is 10.0. The van der Waals surface area contributed by atoms with Crippen LogP contribution in [0.3, 0.4) is 0 Å². The zero-order valence-electron chi connectivity index (χ0n) is 17.9. The molecule has 0 spiro atoms. The van der Waals surface area contributed by atoms with Crippen LogP contribution in [0.15, 0.2) is 30.6 Å². The van der Waals surface area contributed by atoms with E-state index >= 15 is 0 Å². The van der Waals surface area contributed by atoms with E-state index in [0.29, 0.717) is 74.0 Å². The number of benzene rings is 1. The summed E-state index contributed by atoms with van der Waals surface area (Å²) in [5.41, 5.74) is 7.51. The molecule has 0 radical (unpaired) electrons. The Hall–Kier alpha value is -4.11. The van der Waals surface area contributed by atoms with E-state index in [1.807, 2.05) is 11.0 Å². The zero-order chi connectivity index (χ0) is 23.2. The normalized spacial score (nSPS) is 13.8. The molecule has 2 aromatic heterocycles. The average Bonchev–Trinajstić information content (AvgIpc) is 3.26. The van der Waals surface area contributed by atoms with Crippen molar-refractivity contribution in [3.8, 4) is 6.07 Å². The fourth-order valence-corrected chi connectivity index (χ4v) is 3.55. The molecular formula is C21H23N9O3. The molecule has 33 heavy (non-hydrogen) atoms. The summed E-state index contributed by atoms with van der Waals surface area (Å²) < 4.78 is 7.27. The van der Waals surface area contributed by atoms with Crippen molar-refractivity contribution < 1.29 is 14.3 Å². The van der Waals surface area contributed by atoms with Gasteiger partial charge in [0.25, 0.3) is 0 Å². The van der Waals surface area contributed by atoms with E-state index in [-0.39, 0.29) is 12.3 Å². The minimum atomic E-state index is -0.510. The maximum Gasteiger partial charge on any atom is 0.248 e. The number of aromatic nitrogens is 5. The second-order valence-corrected chi connectivity index (χ2v) is 7.49. The van der Waals surface area contributed by atoms with Crippen LogP contribution < -0.4 is 10.6 Å². The number of amides is 2. The van der Waals surface area contributed by atoms with E-state index in [9.17, 15) is 9.59 Å². The molecule has 0 saturated carbocycles. The molecule has 1 fully saturated rings. The number of hydrogen-bond donors (Lipinski definition) is 1. The van der Waals surface area contributed by atoms with Crippen LogP contribution >= 0.6 is 0 Å². The van der Waals surface area contributed by atoms with Crippen molar-refractivity contribution in [1.82, 2.24) is 29.9 Å². The number of fused-ring (bicyclic) bond motifs is 1.